The van der Waals surface area contributed by atoms with Gasteiger partial charge in [0.15, 0.2) is 0 Å². The lowest BCUT2D eigenvalue weighted by atomic mass is 10.2. The molecule has 2 amide bonds. The van der Waals surface area contributed by atoms with E-state index in [2.05, 4.69) is 6.07 Å². The van der Waals surface area contributed by atoms with Gasteiger partial charge in [0, 0.05) is 13.1 Å². The zero-order chi connectivity index (χ0) is 16.9. The highest BCUT2D eigenvalue weighted by atomic mass is 16.6. The van der Waals surface area contributed by atoms with Gasteiger partial charge < -0.3 is 9.64 Å². The SMILES string of the molecule is CC(C)CN(CC(=O)N1CCCC1C#N)C(=O)OC(C)(C)C. The Bertz CT molecular complexity index is 449. The zero-order valence-electron chi connectivity index (χ0n) is 14.3. The summed E-state index contributed by atoms with van der Waals surface area (Å²) in [5.41, 5.74) is -0.599. The van der Waals surface area contributed by atoms with E-state index in [1.807, 2.05) is 13.8 Å². The van der Waals surface area contributed by atoms with Gasteiger partial charge >= 0.3 is 6.09 Å². The molecule has 0 radical (unpaired) electrons. The normalized spacial score (nSPS) is 18.2. The van der Waals surface area contributed by atoms with Crippen molar-refractivity contribution in [3.63, 3.8) is 0 Å². The van der Waals surface area contributed by atoms with Gasteiger partial charge in [-0.2, -0.15) is 5.26 Å². The summed E-state index contributed by atoms with van der Waals surface area (Å²) < 4.78 is 5.37. The molecular formula is C16H27N3O3. The molecule has 0 aromatic carbocycles. The average molecular weight is 309 g/mol. The first-order valence-corrected chi connectivity index (χ1v) is 7.81. The largest absolute Gasteiger partial charge is 0.444 e. The van der Waals surface area contributed by atoms with Gasteiger partial charge in [0.1, 0.15) is 18.2 Å². The van der Waals surface area contributed by atoms with Gasteiger partial charge in [-0.25, -0.2) is 4.79 Å². The van der Waals surface area contributed by atoms with Crippen molar-refractivity contribution in [1.29, 1.82) is 5.26 Å². The lowest BCUT2D eigenvalue weighted by molar-refractivity contribution is -0.132. The van der Waals surface area contributed by atoms with Gasteiger partial charge in [-0.15, -0.1) is 0 Å². The van der Waals surface area contributed by atoms with Crippen molar-refractivity contribution in [3.8, 4) is 6.07 Å². The van der Waals surface area contributed by atoms with E-state index in [0.717, 1.165) is 6.42 Å². The van der Waals surface area contributed by atoms with E-state index in [-0.39, 0.29) is 24.4 Å². The number of likely N-dealkylation sites (tertiary alicyclic amines) is 1. The third kappa shape index (κ3) is 5.55. The standard InChI is InChI=1S/C16H27N3O3/c1-12(2)10-18(15(21)22-16(3,4)5)11-14(20)19-8-6-7-13(19)9-17/h12-13H,6-8,10-11H2,1-5H3. The molecule has 1 rings (SSSR count). The molecule has 0 aliphatic carbocycles. The lowest BCUT2D eigenvalue weighted by Gasteiger charge is -2.30. The van der Waals surface area contributed by atoms with Crippen LogP contribution in [0.5, 0.6) is 0 Å². The van der Waals surface area contributed by atoms with Crippen LogP contribution in [-0.2, 0) is 9.53 Å². The summed E-state index contributed by atoms with van der Waals surface area (Å²) in [5, 5.41) is 9.08. The van der Waals surface area contributed by atoms with Crippen molar-refractivity contribution < 1.29 is 14.3 Å². The molecule has 22 heavy (non-hydrogen) atoms. The quantitative estimate of drug-likeness (QED) is 0.799. The number of rotatable bonds is 4. The van der Waals surface area contributed by atoms with Gasteiger partial charge in [0.05, 0.1) is 6.07 Å². The van der Waals surface area contributed by atoms with Crippen molar-refractivity contribution in [2.24, 2.45) is 5.92 Å². The third-order valence-electron chi connectivity index (χ3n) is 3.29. The molecule has 1 unspecified atom stereocenters. The number of hydrogen-bond acceptors (Lipinski definition) is 4. The molecule has 6 heteroatoms. The highest BCUT2D eigenvalue weighted by Crippen LogP contribution is 2.18. The van der Waals surface area contributed by atoms with Crippen LogP contribution in [0.25, 0.3) is 0 Å². The van der Waals surface area contributed by atoms with Crippen molar-refractivity contribution in [1.82, 2.24) is 9.80 Å². The summed E-state index contributed by atoms with van der Waals surface area (Å²) in [7, 11) is 0. The summed E-state index contributed by atoms with van der Waals surface area (Å²) in [4.78, 5) is 27.7. The Morgan fingerprint density at radius 1 is 1.41 bits per heavy atom. The number of carbonyl (C=O) groups is 2. The second-order valence-corrected chi connectivity index (χ2v) is 7.13. The number of ether oxygens (including phenoxy) is 1. The number of amides is 2. The monoisotopic (exact) mass is 309 g/mol. The van der Waals surface area contributed by atoms with E-state index < -0.39 is 11.7 Å². The van der Waals surface area contributed by atoms with Gasteiger partial charge in [0.2, 0.25) is 5.91 Å². The fraction of sp³-hybridized carbons (Fsp3) is 0.812. The lowest BCUT2D eigenvalue weighted by Crippen LogP contribution is -2.47. The van der Waals surface area contributed by atoms with Crippen LogP contribution < -0.4 is 0 Å². The molecule has 1 saturated heterocycles. The fourth-order valence-corrected chi connectivity index (χ4v) is 2.42. The van der Waals surface area contributed by atoms with E-state index in [1.165, 1.54) is 4.90 Å². The van der Waals surface area contributed by atoms with E-state index in [4.69, 9.17) is 10.00 Å². The molecule has 0 aromatic heterocycles. The van der Waals surface area contributed by atoms with Gasteiger partial charge in [-0.05, 0) is 39.5 Å². The molecule has 1 aliphatic rings. The minimum absolute atomic E-state index is 0.0364. The Morgan fingerprint density at radius 3 is 2.55 bits per heavy atom. The Hall–Kier alpha value is -1.77. The van der Waals surface area contributed by atoms with Crippen LogP contribution in [0.2, 0.25) is 0 Å². The van der Waals surface area contributed by atoms with Gasteiger partial charge in [0.25, 0.3) is 0 Å². The topological polar surface area (TPSA) is 73.6 Å². The Balaban J connectivity index is 2.74. The van der Waals surface area contributed by atoms with Crippen molar-refractivity contribution in [2.45, 2.75) is 59.1 Å². The number of carbonyl (C=O) groups excluding carboxylic acids is 2. The number of nitrogens with zero attached hydrogens (tertiary/aromatic N) is 3. The van der Waals surface area contributed by atoms with Crippen LogP contribution in [0.15, 0.2) is 0 Å². The van der Waals surface area contributed by atoms with Crippen LogP contribution in [0, 0.1) is 17.2 Å². The van der Waals surface area contributed by atoms with Crippen LogP contribution in [-0.4, -0.2) is 53.1 Å². The number of nitriles is 1. The van der Waals surface area contributed by atoms with Crippen LogP contribution in [0.3, 0.4) is 0 Å². The van der Waals surface area contributed by atoms with E-state index in [1.54, 1.807) is 25.7 Å². The maximum Gasteiger partial charge on any atom is 0.410 e. The zero-order valence-corrected chi connectivity index (χ0v) is 14.3. The molecule has 0 spiro atoms. The maximum atomic E-state index is 12.4. The molecule has 1 atom stereocenters. The second kappa shape index (κ2) is 7.48. The highest BCUT2D eigenvalue weighted by Gasteiger charge is 2.31. The maximum absolute atomic E-state index is 12.4. The first kappa shape index (κ1) is 18.3. The summed E-state index contributed by atoms with van der Waals surface area (Å²) >= 11 is 0. The van der Waals surface area contributed by atoms with Gasteiger partial charge in [-0.1, -0.05) is 13.8 Å². The van der Waals surface area contributed by atoms with Crippen LogP contribution in [0.1, 0.15) is 47.5 Å². The van der Waals surface area contributed by atoms with E-state index in [0.29, 0.717) is 19.5 Å². The van der Waals surface area contributed by atoms with Crippen LogP contribution in [0.4, 0.5) is 4.79 Å². The summed E-state index contributed by atoms with van der Waals surface area (Å²) in [6.07, 6.45) is 1.06. The molecule has 1 heterocycles. The summed E-state index contributed by atoms with van der Waals surface area (Å²) in [5.74, 6) is 0.0428. The van der Waals surface area contributed by atoms with E-state index in [9.17, 15) is 9.59 Å². The molecule has 6 nitrogen and oxygen atoms in total. The molecule has 124 valence electrons. The Labute approximate surface area is 133 Å². The smallest absolute Gasteiger partial charge is 0.410 e. The third-order valence-corrected chi connectivity index (χ3v) is 3.29. The van der Waals surface area contributed by atoms with Crippen molar-refractivity contribution in [3.05, 3.63) is 0 Å². The molecular weight excluding hydrogens is 282 g/mol. The molecule has 0 N–H and O–H groups in total. The highest BCUT2D eigenvalue weighted by molar-refractivity contribution is 5.83. The minimum atomic E-state index is -0.599. The van der Waals surface area contributed by atoms with Gasteiger partial charge in [-0.3, -0.25) is 9.69 Å². The molecule has 1 aliphatic heterocycles. The summed E-state index contributed by atoms with van der Waals surface area (Å²) in [6.45, 7) is 10.4. The predicted molar refractivity (Wildman–Crippen MR) is 83.0 cm³/mol. The minimum Gasteiger partial charge on any atom is -0.444 e. The molecule has 0 saturated carbocycles. The molecule has 0 bridgehead atoms. The van der Waals surface area contributed by atoms with Crippen LogP contribution >= 0.6 is 0 Å². The number of hydrogen-bond donors (Lipinski definition) is 0. The molecule has 1 fully saturated rings. The van der Waals surface area contributed by atoms with Crippen molar-refractivity contribution >= 4 is 12.0 Å². The summed E-state index contributed by atoms with van der Waals surface area (Å²) in [6, 6.07) is 1.78. The predicted octanol–water partition coefficient (Wildman–Crippen LogP) is 2.39. The Kier molecular flexibility index (Phi) is 6.21. The molecule has 0 aromatic rings. The first-order valence-electron chi connectivity index (χ1n) is 7.81. The average Bonchev–Trinajstić information content (AvgIpc) is 2.83. The first-order chi connectivity index (χ1) is 10.1. The van der Waals surface area contributed by atoms with Crippen molar-refractivity contribution in [2.75, 3.05) is 19.6 Å². The Morgan fingerprint density at radius 2 is 2.05 bits per heavy atom. The second-order valence-electron chi connectivity index (χ2n) is 7.13. The van der Waals surface area contributed by atoms with E-state index >= 15 is 0 Å². The fourth-order valence-electron chi connectivity index (χ4n) is 2.42.